The molecular formula is C38H38N2O5S2. The molecule has 0 heterocycles. The van der Waals surface area contributed by atoms with Crippen molar-refractivity contribution in [2.24, 2.45) is 0 Å². The lowest BCUT2D eigenvalue weighted by atomic mass is 9.90. The van der Waals surface area contributed by atoms with Gasteiger partial charge in [-0.25, -0.2) is 4.58 Å². The van der Waals surface area contributed by atoms with Crippen molar-refractivity contribution >= 4 is 38.2 Å². The molecule has 1 unspecified atom stereocenters. The molecule has 0 spiro atoms. The number of hydrogen-bond acceptors (Lipinski definition) is 5. The van der Waals surface area contributed by atoms with Crippen LogP contribution in [0.25, 0.3) is 5.57 Å². The van der Waals surface area contributed by atoms with Gasteiger partial charge < -0.3 is 9.45 Å². The van der Waals surface area contributed by atoms with Gasteiger partial charge in [0.25, 0.3) is 10.1 Å². The van der Waals surface area contributed by atoms with E-state index in [0.29, 0.717) is 19.6 Å². The maximum Gasteiger partial charge on any atom is 0.294 e. The predicted molar refractivity (Wildman–Crippen MR) is 188 cm³/mol. The summed E-state index contributed by atoms with van der Waals surface area (Å²) in [6, 6.07) is 30.3. The topological polar surface area (TPSA) is 101 Å². The third kappa shape index (κ3) is 8.50. The molecule has 1 atom stereocenters. The van der Waals surface area contributed by atoms with Gasteiger partial charge in [0.05, 0.1) is 4.90 Å². The Kier molecular flexibility index (Phi) is 10.8. The van der Waals surface area contributed by atoms with Crippen LogP contribution in [-0.2, 0) is 34.3 Å². The van der Waals surface area contributed by atoms with Gasteiger partial charge in [0.2, 0.25) is 0 Å². The van der Waals surface area contributed by atoms with E-state index in [-0.39, 0.29) is 9.79 Å². The highest BCUT2D eigenvalue weighted by Crippen LogP contribution is 2.32. The second kappa shape index (κ2) is 15.0. The van der Waals surface area contributed by atoms with Crippen LogP contribution in [0, 0.1) is 6.92 Å². The zero-order chi connectivity index (χ0) is 33.6. The highest BCUT2D eigenvalue weighted by Gasteiger charge is 2.17. The van der Waals surface area contributed by atoms with Gasteiger partial charge in [-0.05, 0) is 108 Å². The molecule has 1 aliphatic carbocycles. The first-order chi connectivity index (χ1) is 22.5. The van der Waals surface area contributed by atoms with Gasteiger partial charge in [-0.2, -0.15) is 8.42 Å². The number of hydrogen-bond donors (Lipinski definition) is 1. The normalized spacial score (nSPS) is 13.5. The Bertz CT molecular complexity index is 1990. The second-order valence-electron chi connectivity index (χ2n) is 11.4. The van der Waals surface area contributed by atoms with Gasteiger partial charge in [0.15, 0.2) is 12.3 Å². The summed E-state index contributed by atoms with van der Waals surface area (Å²) in [7, 11) is -4.28. The molecule has 0 saturated heterocycles. The van der Waals surface area contributed by atoms with Crippen LogP contribution < -0.4 is 4.90 Å². The van der Waals surface area contributed by atoms with Crippen LogP contribution >= 0.6 is 0 Å². The monoisotopic (exact) mass is 666 g/mol. The first kappa shape index (κ1) is 33.9. The molecular weight excluding hydrogens is 629 g/mol. The Morgan fingerprint density at radius 2 is 1.45 bits per heavy atom. The fraction of sp³-hybridized carbons (Fsp3) is 0.184. The lowest BCUT2D eigenvalue weighted by Crippen LogP contribution is -2.22. The van der Waals surface area contributed by atoms with Crippen LogP contribution in [0.15, 0.2) is 137 Å². The van der Waals surface area contributed by atoms with Crippen LogP contribution in [0.1, 0.15) is 41.7 Å². The van der Waals surface area contributed by atoms with Crippen molar-refractivity contribution in [3.63, 3.8) is 0 Å². The van der Waals surface area contributed by atoms with E-state index in [9.17, 15) is 21.7 Å². The average molecular weight is 667 g/mol. The molecule has 0 fully saturated rings. The minimum Gasteiger partial charge on any atom is -0.768 e. The summed E-state index contributed by atoms with van der Waals surface area (Å²) in [4.78, 5) is 2.32. The molecule has 9 heteroatoms. The first-order valence-electron chi connectivity index (χ1n) is 15.4. The molecule has 242 valence electrons. The van der Waals surface area contributed by atoms with Crippen molar-refractivity contribution in [3.8, 4) is 0 Å². The molecule has 4 aromatic rings. The van der Waals surface area contributed by atoms with Gasteiger partial charge in [0, 0.05) is 41.4 Å². The lowest BCUT2D eigenvalue weighted by molar-refractivity contribution is -0.539. The maximum atomic E-state index is 11.7. The fourth-order valence-electron chi connectivity index (χ4n) is 5.66. The van der Waals surface area contributed by atoms with E-state index in [0.717, 1.165) is 51.3 Å². The van der Waals surface area contributed by atoms with Crippen LogP contribution in [0.2, 0.25) is 0 Å². The van der Waals surface area contributed by atoms with Crippen molar-refractivity contribution in [1.82, 2.24) is 0 Å². The van der Waals surface area contributed by atoms with Crippen molar-refractivity contribution < 1.29 is 26.3 Å². The summed E-state index contributed by atoms with van der Waals surface area (Å²) in [6.45, 7) is 8.74. The van der Waals surface area contributed by atoms with Crippen molar-refractivity contribution in [2.45, 2.75) is 43.7 Å². The fourth-order valence-corrected chi connectivity index (χ4v) is 6.65. The van der Waals surface area contributed by atoms with Gasteiger partial charge in [-0.3, -0.25) is 8.76 Å². The molecule has 5 rings (SSSR count). The Balaban J connectivity index is 1.46. The van der Waals surface area contributed by atoms with E-state index in [1.165, 1.54) is 17.7 Å². The standard InChI is InChI=1S/C38H38N2O5S2/c1-4-39(26-29-8-6-10-36(24-29)46(41)42)34-20-16-32(17-21-34)38(31-14-12-28(3)13-15-31)33-18-22-35(23-19-33)40(5-2)27-30-9-7-11-37(25-30)47(43,44)45/h6-25H,4-5,26-27H2,1-3H3,(H-,41,42,43,44,45). The lowest BCUT2D eigenvalue weighted by Gasteiger charge is -2.24. The molecule has 47 heavy (non-hydrogen) atoms. The van der Waals surface area contributed by atoms with Crippen molar-refractivity contribution in [1.29, 1.82) is 0 Å². The minimum atomic E-state index is -4.28. The molecule has 1 aliphatic rings. The van der Waals surface area contributed by atoms with E-state index in [2.05, 4.69) is 96.2 Å². The number of allylic oxidation sites excluding steroid dienone is 5. The number of anilines is 1. The minimum absolute atomic E-state index is 0.113. The number of rotatable bonds is 11. The quantitative estimate of drug-likeness (QED) is 0.104. The Labute approximate surface area is 280 Å². The number of nitrogens with zero attached hydrogens (tertiary/aromatic N) is 2. The summed E-state index contributed by atoms with van der Waals surface area (Å²) in [5.41, 5.74) is 9.25. The largest absolute Gasteiger partial charge is 0.768 e. The molecule has 4 aromatic carbocycles. The molecule has 0 saturated carbocycles. The first-order valence-corrected chi connectivity index (χ1v) is 18.0. The molecule has 0 amide bonds. The molecule has 0 aromatic heterocycles. The smallest absolute Gasteiger partial charge is 0.294 e. The average Bonchev–Trinajstić information content (AvgIpc) is 3.08. The molecule has 7 nitrogen and oxygen atoms in total. The Morgan fingerprint density at radius 3 is 2.04 bits per heavy atom. The highest BCUT2D eigenvalue weighted by molar-refractivity contribution is 7.85. The Hall–Kier alpha value is -4.41. The summed E-state index contributed by atoms with van der Waals surface area (Å²) in [6.07, 6.45) is 8.47. The zero-order valence-corrected chi connectivity index (χ0v) is 28.3. The third-order valence-electron chi connectivity index (χ3n) is 8.18. The van der Waals surface area contributed by atoms with E-state index < -0.39 is 21.2 Å². The van der Waals surface area contributed by atoms with Crippen LogP contribution in [0.4, 0.5) is 5.69 Å². The number of benzene rings is 4. The summed E-state index contributed by atoms with van der Waals surface area (Å²) >= 11 is -2.27. The molecule has 1 N–H and O–H groups in total. The van der Waals surface area contributed by atoms with Gasteiger partial charge in [0.1, 0.15) is 6.54 Å². The SMILES string of the molecule is CCN(Cc1cccc(S(=O)(=O)O)c1)c1ccc(C(=C2C=CC(=[N+](CC)Cc3cccc(S(=O)[O-])c3)C=C2)c2ccc(C)cc2)cc1. The predicted octanol–water partition coefficient (Wildman–Crippen LogP) is 7.11. The molecule has 0 aliphatic heterocycles. The summed E-state index contributed by atoms with van der Waals surface area (Å²) < 4.78 is 57.9. The number of aryl methyl sites for hydroxylation is 1. The molecule has 0 radical (unpaired) electrons. The van der Waals surface area contributed by atoms with Crippen LogP contribution in [0.3, 0.4) is 0 Å². The van der Waals surface area contributed by atoms with Gasteiger partial charge in [-0.15, -0.1) is 0 Å². The van der Waals surface area contributed by atoms with Gasteiger partial charge in [-0.1, -0.05) is 66.2 Å². The van der Waals surface area contributed by atoms with E-state index >= 15 is 0 Å². The summed E-state index contributed by atoms with van der Waals surface area (Å²) in [5, 5.41) is 0. The highest BCUT2D eigenvalue weighted by atomic mass is 32.2. The van der Waals surface area contributed by atoms with E-state index in [4.69, 9.17) is 0 Å². The molecule has 0 bridgehead atoms. The second-order valence-corrected chi connectivity index (χ2v) is 13.7. The van der Waals surface area contributed by atoms with E-state index in [1.807, 2.05) is 19.1 Å². The third-order valence-corrected chi connectivity index (χ3v) is 9.67. The van der Waals surface area contributed by atoms with Crippen LogP contribution in [-0.4, -0.2) is 45.1 Å². The van der Waals surface area contributed by atoms with E-state index in [1.54, 1.807) is 24.3 Å². The Morgan fingerprint density at radius 1 is 0.830 bits per heavy atom. The zero-order valence-electron chi connectivity index (χ0n) is 26.7. The summed E-state index contributed by atoms with van der Waals surface area (Å²) in [5.74, 6) is 0. The van der Waals surface area contributed by atoms with Crippen LogP contribution in [0.5, 0.6) is 0 Å². The van der Waals surface area contributed by atoms with Crippen molar-refractivity contribution in [2.75, 3.05) is 18.0 Å². The maximum absolute atomic E-state index is 11.7. The van der Waals surface area contributed by atoms with Gasteiger partial charge >= 0.3 is 0 Å². The van der Waals surface area contributed by atoms with Crippen molar-refractivity contribution in [3.05, 3.63) is 155 Å².